The van der Waals surface area contributed by atoms with Gasteiger partial charge in [0.25, 0.3) is 0 Å². The highest BCUT2D eigenvalue weighted by molar-refractivity contribution is 5.50. The summed E-state index contributed by atoms with van der Waals surface area (Å²) >= 11 is 0. The Morgan fingerprint density at radius 1 is 1.31 bits per heavy atom. The normalized spacial score (nSPS) is 9.62. The fourth-order valence-corrected chi connectivity index (χ4v) is 0.914. The van der Waals surface area contributed by atoms with Crippen molar-refractivity contribution in [2.24, 2.45) is 0 Å². The Labute approximate surface area is 77.5 Å². The number of hydrogen-bond donors (Lipinski definition) is 0. The lowest BCUT2D eigenvalue weighted by Gasteiger charge is -2.03. The van der Waals surface area contributed by atoms with Crippen LogP contribution < -0.4 is 10.5 Å². The standard InChI is InChI=1S/C10H11NO2/c11-8-9-2-4-10(5-3-9)13-7-1-6-12/h2-5,11H,1,7-8H2. The Bertz CT molecular complexity index is 256. The van der Waals surface area contributed by atoms with Gasteiger partial charge in [-0.3, -0.25) is 10.5 Å². The average Bonchev–Trinajstić information content (AvgIpc) is 2.19. The van der Waals surface area contributed by atoms with E-state index in [0.29, 0.717) is 13.0 Å². The lowest BCUT2D eigenvalue weighted by molar-refractivity contribution is 0.326. The van der Waals surface area contributed by atoms with Gasteiger partial charge in [-0.15, -0.1) is 0 Å². The maximum absolute atomic E-state index is 9.87. The summed E-state index contributed by atoms with van der Waals surface area (Å²) in [6, 6.07) is 7.28. The maximum Gasteiger partial charge on any atom is 0.201 e. The van der Waals surface area contributed by atoms with Crippen molar-refractivity contribution in [3.05, 3.63) is 29.8 Å². The zero-order chi connectivity index (χ0) is 9.52. The summed E-state index contributed by atoms with van der Waals surface area (Å²) < 4.78 is 5.22. The molecule has 0 aliphatic carbocycles. The van der Waals surface area contributed by atoms with Gasteiger partial charge in [0.15, 0.2) is 0 Å². The zero-order valence-corrected chi connectivity index (χ0v) is 7.25. The van der Waals surface area contributed by atoms with E-state index in [-0.39, 0.29) is 6.54 Å². The number of nitrogens with one attached hydrogen (secondary N) is 1. The minimum Gasteiger partial charge on any atom is -0.493 e. The number of carbonyl (C=O) groups excluding carboxylic acids is 1. The summed E-state index contributed by atoms with van der Waals surface area (Å²) in [5.74, 6) is 0.729. The molecule has 0 bridgehead atoms. The molecule has 0 heterocycles. The molecule has 1 rings (SSSR count). The van der Waals surface area contributed by atoms with Crippen molar-refractivity contribution < 1.29 is 9.53 Å². The molecule has 1 N–H and O–H groups in total. The van der Waals surface area contributed by atoms with Crippen LogP contribution in [0.3, 0.4) is 0 Å². The van der Waals surface area contributed by atoms with Crippen molar-refractivity contribution in [2.75, 3.05) is 6.61 Å². The summed E-state index contributed by atoms with van der Waals surface area (Å²) in [6.07, 6.45) is 2.05. The quantitative estimate of drug-likeness (QED) is 0.637. The summed E-state index contributed by atoms with van der Waals surface area (Å²) in [7, 11) is 0. The molecular weight excluding hydrogens is 166 g/mol. The molecular formula is C10H11NO2. The smallest absolute Gasteiger partial charge is 0.201 e. The van der Waals surface area contributed by atoms with Crippen molar-refractivity contribution in [3.63, 3.8) is 0 Å². The lowest BCUT2D eigenvalue weighted by Crippen LogP contribution is -1.97. The van der Waals surface area contributed by atoms with Crippen LogP contribution in [0.5, 0.6) is 5.75 Å². The molecule has 1 aromatic rings. The fourth-order valence-electron chi connectivity index (χ4n) is 0.914. The lowest BCUT2D eigenvalue weighted by atomic mass is 10.2. The molecule has 0 saturated heterocycles. The molecule has 0 amide bonds. The molecule has 2 radical (unpaired) electrons. The van der Waals surface area contributed by atoms with Crippen LogP contribution in [-0.4, -0.2) is 12.9 Å². The summed E-state index contributed by atoms with van der Waals surface area (Å²) in [6.45, 7) is 0.645. The third-order valence-electron chi connectivity index (χ3n) is 1.60. The van der Waals surface area contributed by atoms with E-state index in [4.69, 9.17) is 10.5 Å². The minimum absolute atomic E-state index is 0.280. The Morgan fingerprint density at radius 3 is 2.54 bits per heavy atom. The number of benzene rings is 1. The first-order valence-corrected chi connectivity index (χ1v) is 4.08. The molecule has 13 heavy (non-hydrogen) atoms. The summed E-state index contributed by atoms with van der Waals surface area (Å²) in [5.41, 5.74) is 8.04. The van der Waals surface area contributed by atoms with E-state index in [0.717, 1.165) is 11.3 Å². The van der Waals surface area contributed by atoms with Gasteiger partial charge in [-0.25, -0.2) is 0 Å². The van der Waals surface area contributed by atoms with E-state index in [1.165, 1.54) is 0 Å². The molecule has 0 aliphatic heterocycles. The molecule has 0 unspecified atom stereocenters. The van der Waals surface area contributed by atoms with Gasteiger partial charge < -0.3 is 4.74 Å². The van der Waals surface area contributed by atoms with Gasteiger partial charge in [0, 0.05) is 13.0 Å². The Morgan fingerprint density at radius 2 is 2.00 bits per heavy atom. The van der Waals surface area contributed by atoms with E-state index in [1.54, 1.807) is 18.4 Å². The van der Waals surface area contributed by atoms with Gasteiger partial charge in [0.2, 0.25) is 6.29 Å². The maximum atomic E-state index is 9.87. The summed E-state index contributed by atoms with van der Waals surface area (Å²) in [4.78, 5) is 9.87. The Kier molecular flexibility index (Phi) is 3.99. The first-order valence-electron chi connectivity index (χ1n) is 4.08. The number of rotatable bonds is 5. The molecule has 0 saturated carbocycles. The molecule has 0 aliphatic rings. The second-order valence-corrected chi connectivity index (χ2v) is 2.56. The fraction of sp³-hybridized carbons (Fsp3) is 0.300. The molecule has 1 aromatic carbocycles. The van der Waals surface area contributed by atoms with Crippen molar-refractivity contribution in [3.8, 4) is 5.75 Å². The zero-order valence-electron chi connectivity index (χ0n) is 7.25. The molecule has 68 valence electrons. The van der Waals surface area contributed by atoms with Gasteiger partial charge in [-0.1, -0.05) is 12.1 Å². The highest BCUT2D eigenvalue weighted by Crippen LogP contribution is 2.11. The van der Waals surface area contributed by atoms with E-state index in [2.05, 4.69) is 0 Å². The van der Waals surface area contributed by atoms with E-state index < -0.39 is 0 Å². The second kappa shape index (κ2) is 5.32. The monoisotopic (exact) mass is 177 g/mol. The summed E-state index contributed by atoms with van der Waals surface area (Å²) in [5, 5.41) is 0. The van der Waals surface area contributed by atoms with Crippen LogP contribution in [-0.2, 0) is 11.3 Å². The van der Waals surface area contributed by atoms with Crippen molar-refractivity contribution in [1.82, 2.24) is 5.73 Å². The molecule has 3 nitrogen and oxygen atoms in total. The number of hydrogen-bond acceptors (Lipinski definition) is 2. The largest absolute Gasteiger partial charge is 0.493 e. The van der Waals surface area contributed by atoms with Crippen LogP contribution in [0, 0.1) is 0 Å². The van der Waals surface area contributed by atoms with Gasteiger partial charge in [0.05, 0.1) is 6.61 Å². The molecule has 3 heteroatoms. The highest BCUT2D eigenvalue weighted by Gasteiger charge is 1.93. The van der Waals surface area contributed by atoms with Crippen LogP contribution in [0.4, 0.5) is 0 Å². The van der Waals surface area contributed by atoms with Crippen LogP contribution in [0.25, 0.3) is 0 Å². The first-order chi connectivity index (χ1) is 6.36. The Balaban J connectivity index is 2.44. The molecule has 0 atom stereocenters. The first kappa shape index (κ1) is 9.74. The average molecular weight is 177 g/mol. The van der Waals surface area contributed by atoms with E-state index in [9.17, 15) is 4.79 Å². The minimum atomic E-state index is 0.280. The topological polar surface area (TPSA) is 50.1 Å². The Hall–Kier alpha value is -1.35. The van der Waals surface area contributed by atoms with Gasteiger partial charge in [-0.05, 0) is 17.7 Å². The highest BCUT2D eigenvalue weighted by atomic mass is 16.5. The predicted molar refractivity (Wildman–Crippen MR) is 49.0 cm³/mol. The number of ether oxygens (including phenoxy) is 1. The molecule has 0 spiro atoms. The SMILES string of the molecule is [NH]Cc1ccc(OCC[C]=O)cc1. The van der Waals surface area contributed by atoms with Gasteiger partial charge in [-0.2, -0.15) is 0 Å². The predicted octanol–water partition coefficient (Wildman–Crippen LogP) is 1.35. The van der Waals surface area contributed by atoms with Crippen LogP contribution in [0.1, 0.15) is 12.0 Å². The van der Waals surface area contributed by atoms with E-state index in [1.807, 2.05) is 12.1 Å². The third-order valence-corrected chi connectivity index (χ3v) is 1.60. The molecule has 0 aromatic heterocycles. The van der Waals surface area contributed by atoms with Gasteiger partial charge >= 0.3 is 0 Å². The second-order valence-electron chi connectivity index (χ2n) is 2.56. The van der Waals surface area contributed by atoms with Crippen molar-refractivity contribution >= 4 is 6.29 Å². The van der Waals surface area contributed by atoms with Crippen LogP contribution in [0.15, 0.2) is 24.3 Å². The van der Waals surface area contributed by atoms with Gasteiger partial charge in [0.1, 0.15) is 5.75 Å². The molecule has 0 fully saturated rings. The van der Waals surface area contributed by atoms with Crippen LogP contribution >= 0.6 is 0 Å². The van der Waals surface area contributed by atoms with E-state index >= 15 is 0 Å². The van der Waals surface area contributed by atoms with Crippen LogP contribution in [0.2, 0.25) is 0 Å². The van der Waals surface area contributed by atoms with Crippen molar-refractivity contribution in [1.29, 1.82) is 0 Å². The van der Waals surface area contributed by atoms with Crippen molar-refractivity contribution in [2.45, 2.75) is 13.0 Å². The third kappa shape index (κ3) is 3.25.